The highest BCUT2D eigenvalue weighted by Crippen LogP contribution is 2.12. The van der Waals surface area contributed by atoms with Crippen molar-refractivity contribution in [2.24, 2.45) is 0 Å². The van der Waals surface area contributed by atoms with E-state index in [1.165, 1.54) is 0 Å². The predicted molar refractivity (Wildman–Crippen MR) is 88.6 cm³/mol. The Bertz CT molecular complexity index is 853. The number of fused-ring (bicyclic) bond motifs is 1. The van der Waals surface area contributed by atoms with Gasteiger partial charge in [-0.1, -0.05) is 30.3 Å². The summed E-state index contributed by atoms with van der Waals surface area (Å²) >= 11 is 0. The van der Waals surface area contributed by atoms with Crippen LogP contribution in [0.2, 0.25) is 0 Å². The van der Waals surface area contributed by atoms with Crippen LogP contribution < -0.4 is 5.32 Å². The first kappa shape index (κ1) is 15.0. The van der Waals surface area contributed by atoms with Gasteiger partial charge in [-0.25, -0.2) is 4.98 Å². The molecule has 1 N–H and O–H groups in total. The van der Waals surface area contributed by atoms with Crippen LogP contribution in [0.1, 0.15) is 28.9 Å². The van der Waals surface area contributed by atoms with E-state index in [2.05, 4.69) is 10.3 Å². The van der Waals surface area contributed by atoms with E-state index in [9.17, 15) is 9.59 Å². The van der Waals surface area contributed by atoms with Crippen LogP contribution in [0.15, 0.2) is 54.9 Å². The first-order chi connectivity index (χ1) is 11.1. The summed E-state index contributed by atoms with van der Waals surface area (Å²) < 4.78 is 1.86. The number of imidazole rings is 1. The van der Waals surface area contributed by atoms with Crippen molar-refractivity contribution in [3.8, 4) is 0 Å². The fourth-order valence-electron chi connectivity index (χ4n) is 2.41. The van der Waals surface area contributed by atoms with Gasteiger partial charge in [0.05, 0.1) is 11.4 Å². The molecule has 0 radical (unpaired) electrons. The predicted octanol–water partition coefficient (Wildman–Crippen LogP) is 3.24. The molecule has 116 valence electrons. The summed E-state index contributed by atoms with van der Waals surface area (Å²) in [7, 11) is 0. The van der Waals surface area contributed by atoms with E-state index in [4.69, 9.17) is 0 Å². The second kappa shape index (κ2) is 6.44. The highest BCUT2D eigenvalue weighted by atomic mass is 16.2. The lowest BCUT2D eigenvalue weighted by Crippen LogP contribution is -2.13. The average molecular weight is 307 g/mol. The number of benzene rings is 1. The molecule has 0 aliphatic heterocycles. The molecule has 5 heteroatoms. The molecule has 1 amide bonds. The molecule has 0 aliphatic rings. The number of aryl methyl sites for hydroxylation is 1. The quantitative estimate of drug-likeness (QED) is 0.736. The molecule has 0 saturated heterocycles. The summed E-state index contributed by atoms with van der Waals surface area (Å²) in [4.78, 5) is 28.3. The molecule has 5 nitrogen and oxygen atoms in total. The average Bonchev–Trinajstić information content (AvgIpc) is 2.92. The van der Waals surface area contributed by atoms with Gasteiger partial charge in [-0.15, -0.1) is 0 Å². The number of aromatic nitrogens is 2. The molecular formula is C18H17N3O2. The molecule has 0 atom stereocenters. The van der Waals surface area contributed by atoms with Crippen LogP contribution in [0, 0.1) is 6.92 Å². The third-order valence-corrected chi connectivity index (χ3v) is 3.53. The molecule has 2 heterocycles. The van der Waals surface area contributed by atoms with Gasteiger partial charge < -0.3 is 9.72 Å². The summed E-state index contributed by atoms with van der Waals surface area (Å²) in [5.74, 6) is -0.202. The number of nitrogens with zero attached hydrogens (tertiary/aromatic N) is 2. The number of hydrogen-bond donors (Lipinski definition) is 1. The Kier molecular flexibility index (Phi) is 4.19. The number of nitrogens with one attached hydrogen (secondary N) is 1. The van der Waals surface area contributed by atoms with Crippen molar-refractivity contribution < 1.29 is 9.59 Å². The van der Waals surface area contributed by atoms with E-state index in [0.29, 0.717) is 11.3 Å². The van der Waals surface area contributed by atoms with Crippen molar-refractivity contribution in [3.63, 3.8) is 0 Å². The zero-order chi connectivity index (χ0) is 16.2. The van der Waals surface area contributed by atoms with Gasteiger partial charge in [0.15, 0.2) is 5.78 Å². The van der Waals surface area contributed by atoms with Gasteiger partial charge in [-0.05, 0) is 19.1 Å². The molecule has 3 aromatic rings. The molecule has 2 aromatic heterocycles. The fourth-order valence-corrected chi connectivity index (χ4v) is 2.41. The van der Waals surface area contributed by atoms with Gasteiger partial charge in [-0.2, -0.15) is 0 Å². The van der Waals surface area contributed by atoms with Gasteiger partial charge in [0.1, 0.15) is 5.65 Å². The SMILES string of the molecule is Cc1cn2cc(NC(=O)CCC(=O)c3ccccc3)ccc2n1. The second-order valence-electron chi connectivity index (χ2n) is 5.40. The molecular weight excluding hydrogens is 290 g/mol. The highest BCUT2D eigenvalue weighted by Gasteiger charge is 2.09. The van der Waals surface area contributed by atoms with Crippen LogP contribution in [0.25, 0.3) is 5.65 Å². The molecule has 0 saturated carbocycles. The number of hydrogen-bond acceptors (Lipinski definition) is 3. The first-order valence-corrected chi connectivity index (χ1v) is 7.45. The molecule has 0 fully saturated rings. The standard InChI is InChI=1S/C18H17N3O2/c1-13-11-21-12-15(7-9-17(21)19-13)20-18(23)10-8-16(22)14-5-3-2-4-6-14/h2-7,9,11-12H,8,10H2,1H3,(H,20,23). The Morgan fingerprint density at radius 1 is 1.04 bits per heavy atom. The summed E-state index contributed by atoms with van der Waals surface area (Å²) in [6, 6.07) is 12.7. The van der Waals surface area contributed by atoms with Gasteiger partial charge in [-0.3, -0.25) is 9.59 Å². The number of carbonyl (C=O) groups is 2. The largest absolute Gasteiger partial charge is 0.325 e. The topological polar surface area (TPSA) is 63.5 Å². The first-order valence-electron chi connectivity index (χ1n) is 7.45. The van der Waals surface area contributed by atoms with Crippen LogP contribution in [-0.2, 0) is 4.79 Å². The summed E-state index contributed by atoms with van der Waals surface area (Å²) in [5, 5.41) is 2.81. The molecule has 3 rings (SSSR count). The lowest BCUT2D eigenvalue weighted by atomic mass is 10.1. The number of pyridine rings is 1. The monoisotopic (exact) mass is 307 g/mol. The summed E-state index contributed by atoms with van der Waals surface area (Å²) in [6.07, 6.45) is 4.06. The Balaban J connectivity index is 1.59. The third-order valence-electron chi connectivity index (χ3n) is 3.53. The smallest absolute Gasteiger partial charge is 0.224 e. The number of ketones is 1. The number of amides is 1. The van der Waals surface area contributed by atoms with Crippen molar-refractivity contribution in [1.29, 1.82) is 0 Å². The number of rotatable bonds is 5. The van der Waals surface area contributed by atoms with Gasteiger partial charge in [0.25, 0.3) is 0 Å². The molecule has 1 aromatic carbocycles. The van der Waals surface area contributed by atoms with Crippen LogP contribution in [0.3, 0.4) is 0 Å². The van der Waals surface area contributed by atoms with Crippen molar-refractivity contribution >= 4 is 23.0 Å². The number of anilines is 1. The third kappa shape index (κ3) is 3.63. The summed E-state index contributed by atoms with van der Waals surface area (Å²) in [5.41, 5.74) is 3.07. The van der Waals surface area contributed by atoms with Crippen molar-refractivity contribution in [2.75, 3.05) is 5.32 Å². The lowest BCUT2D eigenvalue weighted by molar-refractivity contribution is -0.116. The van der Waals surface area contributed by atoms with Crippen molar-refractivity contribution in [1.82, 2.24) is 9.38 Å². The lowest BCUT2D eigenvalue weighted by Gasteiger charge is -2.05. The van der Waals surface area contributed by atoms with Crippen LogP contribution in [-0.4, -0.2) is 21.1 Å². The zero-order valence-corrected chi connectivity index (χ0v) is 12.8. The minimum Gasteiger partial charge on any atom is -0.325 e. The van der Waals surface area contributed by atoms with Gasteiger partial charge in [0, 0.05) is 30.8 Å². The van der Waals surface area contributed by atoms with Gasteiger partial charge in [0.2, 0.25) is 5.91 Å². The van der Waals surface area contributed by atoms with E-state index >= 15 is 0 Å². The zero-order valence-electron chi connectivity index (χ0n) is 12.8. The second-order valence-corrected chi connectivity index (χ2v) is 5.40. The summed E-state index contributed by atoms with van der Waals surface area (Å²) in [6.45, 7) is 1.92. The fraction of sp³-hybridized carbons (Fsp3) is 0.167. The van der Waals surface area contributed by atoms with E-state index in [1.807, 2.05) is 48.0 Å². The maximum Gasteiger partial charge on any atom is 0.224 e. The van der Waals surface area contributed by atoms with Crippen LogP contribution in [0.5, 0.6) is 0 Å². The molecule has 0 spiro atoms. The van der Waals surface area contributed by atoms with Gasteiger partial charge >= 0.3 is 0 Å². The number of carbonyl (C=O) groups excluding carboxylic acids is 2. The minimum atomic E-state index is -0.175. The number of Topliss-reactive ketones (excluding diaryl/α,β-unsaturated/α-hetero) is 1. The maximum absolute atomic E-state index is 12.0. The Morgan fingerprint density at radius 2 is 1.83 bits per heavy atom. The molecule has 0 unspecified atom stereocenters. The van der Waals surface area contributed by atoms with E-state index < -0.39 is 0 Å². The van der Waals surface area contributed by atoms with Crippen LogP contribution in [0.4, 0.5) is 5.69 Å². The van der Waals surface area contributed by atoms with Crippen LogP contribution >= 0.6 is 0 Å². The van der Waals surface area contributed by atoms with Crippen molar-refractivity contribution in [3.05, 3.63) is 66.1 Å². The Labute approximate surface area is 134 Å². The normalized spacial score (nSPS) is 10.7. The maximum atomic E-state index is 12.0. The van der Waals surface area contributed by atoms with E-state index in [0.717, 1.165) is 11.3 Å². The Morgan fingerprint density at radius 3 is 2.61 bits per heavy atom. The highest BCUT2D eigenvalue weighted by molar-refractivity contribution is 5.99. The van der Waals surface area contributed by atoms with E-state index in [1.54, 1.807) is 18.2 Å². The van der Waals surface area contributed by atoms with Crippen molar-refractivity contribution in [2.45, 2.75) is 19.8 Å². The molecule has 0 bridgehead atoms. The van der Waals surface area contributed by atoms with E-state index in [-0.39, 0.29) is 24.5 Å². The molecule has 23 heavy (non-hydrogen) atoms. The Hall–Kier alpha value is -2.95. The molecule has 0 aliphatic carbocycles. The minimum absolute atomic E-state index is 0.0264.